The maximum absolute atomic E-state index is 12.3. The van der Waals surface area contributed by atoms with Crippen molar-refractivity contribution in [3.05, 3.63) is 0 Å². The van der Waals surface area contributed by atoms with Gasteiger partial charge in [0.05, 0.1) is 0 Å². The van der Waals surface area contributed by atoms with Crippen LogP contribution in [0.15, 0.2) is 0 Å². The maximum atomic E-state index is 12.3. The van der Waals surface area contributed by atoms with Crippen LogP contribution in [0.5, 0.6) is 0 Å². The molecule has 0 rings (SSSR count). The summed E-state index contributed by atoms with van der Waals surface area (Å²) in [6, 6.07) is 0. The zero-order chi connectivity index (χ0) is 9.28. The summed E-state index contributed by atoms with van der Waals surface area (Å²) in [6.45, 7) is 1.21. The van der Waals surface area contributed by atoms with Gasteiger partial charge in [-0.3, -0.25) is 0 Å². The third kappa shape index (κ3) is 2.18. The van der Waals surface area contributed by atoms with Gasteiger partial charge in [-0.1, -0.05) is 6.92 Å². The minimum absolute atomic E-state index is 0.440. The molecule has 0 saturated carbocycles. The zero-order valence-electron chi connectivity index (χ0n) is 5.69. The van der Waals surface area contributed by atoms with Crippen molar-refractivity contribution >= 4 is 25.3 Å². The summed E-state index contributed by atoms with van der Waals surface area (Å²) < 4.78 is 45.7. The average molecular weight is 208 g/mol. The molecule has 68 valence electrons. The fourth-order valence-corrected chi connectivity index (χ4v) is 0.833. The Morgan fingerprint density at radius 2 is 1.73 bits per heavy atom. The fraction of sp³-hybridized carbons (Fsp3) is 1.00. The minimum Gasteiger partial charge on any atom is -0.234 e. The molecule has 11 heavy (non-hydrogen) atoms. The third-order valence-corrected chi connectivity index (χ3v) is 2.86. The maximum Gasteiger partial charge on any atom is 0.406 e. The average Bonchev–Trinajstić information content (AvgIpc) is 1.83. The molecule has 0 saturated heterocycles. The van der Waals surface area contributed by atoms with E-state index < -0.39 is 22.8 Å². The Morgan fingerprint density at radius 3 is 1.73 bits per heavy atom. The first kappa shape index (κ1) is 11.4. The summed E-state index contributed by atoms with van der Waals surface area (Å²) in [5, 5.41) is 0. The highest BCUT2D eigenvalue weighted by Crippen LogP contribution is 2.43. The first-order valence-electron chi connectivity index (χ1n) is 2.87. The topological polar surface area (TPSA) is 0 Å². The van der Waals surface area contributed by atoms with Crippen molar-refractivity contribution in [1.82, 2.24) is 0 Å². The van der Waals surface area contributed by atoms with E-state index in [1.807, 2.05) is 0 Å². The number of thiol groups is 2. The Labute approximate surface area is 73.2 Å². The molecule has 0 aromatic heterocycles. The lowest BCUT2D eigenvalue weighted by atomic mass is 10.1. The van der Waals surface area contributed by atoms with Crippen LogP contribution in [-0.2, 0) is 0 Å². The quantitative estimate of drug-likeness (QED) is 0.506. The van der Waals surface area contributed by atoms with Crippen LogP contribution in [0.4, 0.5) is 17.6 Å². The molecule has 0 spiro atoms. The van der Waals surface area contributed by atoms with Gasteiger partial charge in [-0.15, -0.1) is 12.6 Å². The van der Waals surface area contributed by atoms with Crippen LogP contribution in [-0.4, -0.2) is 16.4 Å². The SMILES string of the molecule is CCC(S)(C(F)S)C(F)(F)F. The van der Waals surface area contributed by atoms with Crippen LogP contribution in [0.1, 0.15) is 13.3 Å². The fourth-order valence-electron chi connectivity index (χ4n) is 0.504. The first-order chi connectivity index (χ1) is 4.75. The number of hydrogen-bond acceptors (Lipinski definition) is 2. The monoisotopic (exact) mass is 208 g/mol. The normalized spacial score (nSPS) is 21.0. The predicted octanol–water partition coefficient (Wildman–Crippen LogP) is 2.85. The van der Waals surface area contributed by atoms with E-state index in [4.69, 9.17) is 0 Å². The Balaban J connectivity index is 4.61. The highest BCUT2D eigenvalue weighted by molar-refractivity contribution is 7.85. The molecule has 0 aliphatic carbocycles. The van der Waals surface area contributed by atoms with Crippen LogP contribution >= 0.6 is 25.3 Å². The van der Waals surface area contributed by atoms with E-state index in [9.17, 15) is 17.6 Å². The third-order valence-electron chi connectivity index (χ3n) is 1.42. The molecule has 0 fully saturated rings. The number of alkyl halides is 4. The summed E-state index contributed by atoms with van der Waals surface area (Å²) in [5.74, 6) is 0. The van der Waals surface area contributed by atoms with Gasteiger partial charge in [0.2, 0.25) is 0 Å². The molecule has 0 aliphatic heterocycles. The summed E-state index contributed by atoms with van der Waals surface area (Å²) in [7, 11) is 0. The molecule has 0 N–H and O–H groups in total. The minimum atomic E-state index is -4.66. The summed E-state index contributed by atoms with van der Waals surface area (Å²) >= 11 is 6.31. The Hall–Kier alpha value is 0.420. The van der Waals surface area contributed by atoms with Gasteiger partial charge < -0.3 is 0 Å². The molecule has 0 amide bonds. The highest BCUT2D eigenvalue weighted by atomic mass is 32.1. The number of rotatable bonds is 2. The van der Waals surface area contributed by atoms with Gasteiger partial charge in [-0.2, -0.15) is 25.8 Å². The molecule has 0 nitrogen and oxygen atoms in total. The zero-order valence-corrected chi connectivity index (χ0v) is 7.48. The predicted molar refractivity (Wildman–Crippen MR) is 41.9 cm³/mol. The molecule has 0 aliphatic rings. The van der Waals surface area contributed by atoms with E-state index in [1.165, 1.54) is 6.92 Å². The largest absolute Gasteiger partial charge is 0.406 e. The van der Waals surface area contributed by atoms with Crippen molar-refractivity contribution < 1.29 is 17.6 Å². The molecular formula is C5H8F4S2. The van der Waals surface area contributed by atoms with Crippen molar-refractivity contribution in [2.24, 2.45) is 0 Å². The van der Waals surface area contributed by atoms with Crippen molar-refractivity contribution in [2.45, 2.75) is 29.8 Å². The molecule has 0 bridgehead atoms. The molecule has 2 atom stereocenters. The van der Waals surface area contributed by atoms with Crippen LogP contribution in [0.25, 0.3) is 0 Å². The lowest BCUT2D eigenvalue weighted by Crippen LogP contribution is -2.45. The van der Waals surface area contributed by atoms with Gasteiger partial charge in [0, 0.05) is 0 Å². The lowest BCUT2D eigenvalue weighted by Gasteiger charge is -2.30. The summed E-state index contributed by atoms with van der Waals surface area (Å²) in [6.07, 6.45) is -5.10. The van der Waals surface area contributed by atoms with Crippen LogP contribution in [0.2, 0.25) is 0 Å². The van der Waals surface area contributed by atoms with E-state index in [1.54, 1.807) is 0 Å². The van der Waals surface area contributed by atoms with Gasteiger partial charge in [0.25, 0.3) is 0 Å². The van der Waals surface area contributed by atoms with Crippen molar-refractivity contribution in [3.8, 4) is 0 Å². The molecule has 2 unspecified atom stereocenters. The van der Waals surface area contributed by atoms with Crippen molar-refractivity contribution in [3.63, 3.8) is 0 Å². The van der Waals surface area contributed by atoms with Crippen LogP contribution in [0, 0.1) is 0 Å². The summed E-state index contributed by atoms with van der Waals surface area (Å²) in [4.78, 5) is 0. The highest BCUT2D eigenvalue weighted by Gasteiger charge is 2.55. The van der Waals surface area contributed by atoms with E-state index in [2.05, 4.69) is 25.3 Å². The van der Waals surface area contributed by atoms with E-state index >= 15 is 0 Å². The molecular weight excluding hydrogens is 200 g/mol. The van der Waals surface area contributed by atoms with Crippen molar-refractivity contribution in [2.75, 3.05) is 0 Å². The molecule has 0 aromatic carbocycles. The number of halogens is 4. The standard InChI is InChI=1S/C5H8F4S2/c1-2-4(11,3(6)10)5(7,8)9/h3,10-11H,2H2,1H3. The van der Waals surface area contributed by atoms with E-state index in [-0.39, 0.29) is 0 Å². The van der Waals surface area contributed by atoms with Crippen LogP contribution < -0.4 is 0 Å². The van der Waals surface area contributed by atoms with E-state index in [0.717, 1.165) is 0 Å². The van der Waals surface area contributed by atoms with Gasteiger partial charge in [-0.05, 0) is 6.42 Å². The second-order valence-electron chi connectivity index (χ2n) is 2.11. The van der Waals surface area contributed by atoms with Gasteiger partial charge in [-0.25, -0.2) is 4.39 Å². The molecule has 0 radical (unpaired) electrons. The molecule has 0 heterocycles. The second kappa shape index (κ2) is 3.43. The Morgan fingerprint density at radius 1 is 1.36 bits per heavy atom. The van der Waals surface area contributed by atoms with Gasteiger partial charge in [0.15, 0.2) is 5.50 Å². The Kier molecular flexibility index (Phi) is 3.56. The smallest absolute Gasteiger partial charge is 0.234 e. The molecule has 0 aromatic rings. The molecule has 6 heteroatoms. The van der Waals surface area contributed by atoms with Gasteiger partial charge >= 0.3 is 6.18 Å². The Bertz CT molecular complexity index is 133. The van der Waals surface area contributed by atoms with Crippen LogP contribution in [0.3, 0.4) is 0 Å². The second-order valence-corrected chi connectivity index (χ2v) is 3.36. The first-order valence-corrected chi connectivity index (χ1v) is 3.83. The van der Waals surface area contributed by atoms with Gasteiger partial charge in [0.1, 0.15) is 4.75 Å². The number of hydrogen-bond donors (Lipinski definition) is 2. The lowest BCUT2D eigenvalue weighted by molar-refractivity contribution is -0.166. The van der Waals surface area contributed by atoms with E-state index in [0.29, 0.717) is 0 Å². The summed E-state index contributed by atoms with van der Waals surface area (Å²) in [5.41, 5.74) is -2.30. The van der Waals surface area contributed by atoms with Crippen molar-refractivity contribution in [1.29, 1.82) is 0 Å².